The van der Waals surface area contributed by atoms with E-state index in [1.165, 1.54) is 0 Å². The number of rotatable bonds is 4. The van der Waals surface area contributed by atoms with Crippen molar-refractivity contribution in [1.82, 2.24) is 14.7 Å². The van der Waals surface area contributed by atoms with Crippen molar-refractivity contribution in [3.8, 4) is 0 Å². The van der Waals surface area contributed by atoms with Crippen LogP contribution in [0, 0.1) is 0 Å². The quantitative estimate of drug-likeness (QED) is 0.792. The Morgan fingerprint density at radius 3 is 2.40 bits per heavy atom. The summed E-state index contributed by atoms with van der Waals surface area (Å²) in [5, 5.41) is 9.33. The lowest BCUT2D eigenvalue weighted by Gasteiger charge is -2.34. The minimum absolute atomic E-state index is 0.0219. The first-order valence-electron chi connectivity index (χ1n) is 7.38. The molecule has 0 aliphatic carbocycles. The Balaban J connectivity index is 1.84. The second-order valence-electron chi connectivity index (χ2n) is 6.12. The van der Waals surface area contributed by atoms with E-state index in [9.17, 15) is 14.7 Å². The third-order valence-electron chi connectivity index (χ3n) is 4.64. The Kier molecular flexibility index (Phi) is 4.65. The number of nitrogens with zero attached hydrogens (tertiary/aromatic N) is 3. The van der Waals surface area contributed by atoms with Crippen LogP contribution >= 0.6 is 0 Å². The number of amides is 1. The average Bonchev–Trinajstić information content (AvgIpc) is 2.81. The number of likely N-dealkylation sites (N-methyl/N-ethyl adjacent to an activating group) is 1. The van der Waals surface area contributed by atoms with E-state index in [0.29, 0.717) is 19.4 Å². The summed E-state index contributed by atoms with van der Waals surface area (Å²) in [6, 6.07) is 0. The molecule has 2 saturated heterocycles. The summed E-state index contributed by atoms with van der Waals surface area (Å²) in [6.07, 6.45) is 1.76. The monoisotopic (exact) mass is 283 g/mol. The van der Waals surface area contributed by atoms with Crippen molar-refractivity contribution in [2.24, 2.45) is 0 Å². The second-order valence-corrected chi connectivity index (χ2v) is 6.12. The Morgan fingerprint density at radius 2 is 1.80 bits per heavy atom. The average molecular weight is 283 g/mol. The number of likely N-dealkylation sites (tertiary alicyclic amines) is 1. The first kappa shape index (κ1) is 15.3. The summed E-state index contributed by atoms with van der Waals surface area (Å²) in [5.41, 5.74) is -1.00. The molecule has 0 spiro atoms. The summed E-state index contributed by atoms with van der Waals surface area (Å²) >= 11 is 0. The van der Waals surface area contributed by atoms with Crippen LogP contribution in [0.4, 0.5) is 0 Å². The molecule has 0 aromatic heterocycles. The van der Waals surface area contributed by atoms with Gasteiger partial charge >= 0.3 is 5.97 Å². The van der Waals surface area contributed by atoms with Crippen LogP contribution in [0.1, 0.15) is 26.2 Å². The molecule has 6 heteroatoms. The van der Waals surface area contributed by atoms with Crippen LogP contribution in [0.15, 0.2) is 0 Å². The van der Waals surface area contributed by atoms with Gasteiger partial charge in [-0.1, -0.05) is 0 Å². The van der Waals surface area contributed by atoms with Gasteiger partial charge in [0.15, 0.2) is 0 Å². The molecule has 1 N–H and O–H groups in total. The van der Waals surface area contributed by atoms with Gasteiger partial charge in [-0.2, -0.15) is 0 Å². The van der Waals surface area contributed by atoms with E-state index in [1.54, 1.807) is 11.8 Å². The Bertz CT molecular complexity index is 380. The molecule has 0 saturated carbocycles. The maximum atomic E-state index is 12.3. The van der Waals surface area contributed by atoms with E-state index in [1.807, 2.05) is 0 Å². The third kappa shape index (κ3) is 3.12. The summed E-state index contributed by atoms with van der Waals surface area (Å²) in [4.78, 5) is 29.8. The molecule has 2 fully saturated rings. The number of carbonyl (C=O) groups excluding carboxylic acids is 1. The molecule has 1 amide bonds. The molecule has 1 atom stereocenters. The van der Waals surface area contributed by atoms with Crippen LogP contribution in [0.25, 0.3) is 0 Å². The van der Waals surface area contributed by atoms with Gasteiger partial charge in [0.05, 0.1) is 0 Å². The fourth-order valence-corrected chi connectivity index (χ4v) is 3.05. The van der Waals surface area contributed by atoms with Crippen LogP contribution in [-0.4, -0.2) is 83.5 Å². The van der Waals surface area contributed by atoms with E-state index in [2.05, 4.69) is 16.8 Å². The number of aliphatic carboxylic acids is 1. The van der Waals surface area contributed by atoms with Crippen LogP contribution in [0.2, 0.25) is 0 Å². The lowest BCUT2D eigenvalue weighted by atomic mass is 9.99. The molecule has 0 bridgehead atoms. The van der Waals surface area contributed by atoms with Gasteiger partial charge in [0.1, 0.15) is 5.54 Å². The van der Waals surface area contributed by atoms with Crippen molar-refractivity contribution in [3.05, 3.63) is 0 Å². The van der Waals surface area contributed by atoms with Crippen LogP contribution in [0.5, 0.6) is 0 Å². The maximum Gasteiger partial charge on any atom is 0.329 e. The fraction of sp³-hybridized carbons (Fsp3) is 0.857. The molecular formula is C14H25N3O3. The molecule has 0 aromatic carbocycles. The van der Waals surface area contributed by atoms with E-state index >= 15 is 0 Å². The maximum absolute atomic E-state index is 12.3. The van der Waals surface area contributed by atoms with Gasteiger partial charge in [0.25, 0.3) is 0 Å². The standard InChI is InChI=1S/C14H25N3O3/c1-14(13(19)20)5-3-6-17(14)12(18)4-7-16-10-8-15(2)9-11-16/h3-11H2,1-2H3,(H,19,20)/t14-/m0/s1. The SMILES string of the molecule is CN1CCN(CCC(=O)N2CCC[C@@]2(C)C(=O)O)CC1. The number of carboxylic acid groups (broad SMARTS) is 1. The first-order chi connectivity index (χ1) is 9.43. The molecule has 2 aliphatic heterocycles. The zero-order chi connectivity index (χ0) is 14.8. The highest BCUT2D eigenvalue weighted by Crippen LogP contribution is 2.29. The van der Waals surface area contributed by atoms with Crippen molar-refractivity contribution < 1.29 is 14.7 Å². The second kappa shape index (κ2) is 6.10. The number of hydrogen-bond donors (Lipinski definition) is 1. The number of piperazine rings is 1. The Labute approximate surface area is 120 Å². The lowest BCUT2D eigenvalue weighted by Crippen LogP contribution is -2.52. The number of hydrogen-bond acceptors (Lipinski definition) is 4. The molecule has 20 heavy (non-hydrogen) atoms. The highest BCUT2D eigenvalue weighted by Gasteiger charge is 2.45. The summed E-state index contributed by atoms with van der Waals surface area (Å²) in [7, 11) is 2.10. The minimum Gasteiger partial charge on any atom is -0.480 e. The largest absolute Gasteiger partial charge is 0.480 e. The van der Waals surface area contributed by atoms with Gasteiger partial charge in [-0.25, -0.2) is 4.79 Å². The zero-order valence-electron chi connectivity index (χ0n) is 12.5. The normalized spacial score (nSPS) is 28.8. The van der Waals surface area contributed by atoms with Gasteiger partial charge in [0.2, 0.25) is 5.91 Å². The van der Waals surface area contributed by atoms with Gasteiger partial charge in [-0.15, -0.1) is 0 Å². The van der Waals surface area contributed by atoms with E-state index in [0.717, 1.165) is 39.1 Å². The molecule has 0 unspecified atom stereocenters. The summed E-state index contributed by atoms with van der Waals surface area (Å²) in [6.45, 7) is 7.01. The smallest absolute Gasteiger partial charge is 0.329 e. The predicted octanol–water partition coefficient (Wildman–Crippen LogP) is 0.0896. The molecule has 2 aliphatic rings. The van der Waals surface area contributed by atoms with E-state index in [-0.39, 0.29) is 5.91 Å². The third-order valence-corrected chi connectivity index (χ3v) is 4.64. The summed E-state index contributed by atoms with van der Waals surface area (Å²) < 4.78 is 0. The Morgan fingerprint density at radius 1 is 1.15 bits per heavy atom. The van der Waals surface area contributed by atoms with E-state index in [4.69, 9.17) is 0 Å². The van der Waals surface area contributed by atoms with Crippen molar-refractivity contribution in [1.29, 1.82) is 0 Å². The van der Waals surface area contributed by atoms with Crippen molar-refractivity contribution >= 4 is 11.9 Å². The van der Waals surface area contributed by atoms with E-state index < -0.39 is 11.5 Å². The van der Waals surface area contributed by atoms with Crippen LogP contribution < -0.4 is 0 Å². The van der Waals surface area contributed by atoms with Gasteiger partial charge in [-0.3, -0.25) is 4.79 Å². The topological polar surface area (TPSA) is 64.1 Å². The highest BCUT2D eigenvalue weighted by atomic mass is 16.4. The van der Waals surface area contributed by atoms with Crippen molar-refractivity contribution in [3.63, 3.8) is 0 Å². The zero-order valence-corrected chi connectivity index (χ0v) is 12.5. The number of carboxylic acids is 1. The van der Waals surface area contributed by atoms with Gasteiger partial charge < -0.3 is 19.8 Å². The first-order valence-corrected chi connectivity index (χ1v) is 7.38. The van der Waals surface area contributed by atoms with Crippen LogP contribution in [0.3, 0.4) is 0 Å². The van der Waals surface area contributed by atoms with Gasteiger partial charge in [-0.05, 0) is 26.8 Å². The lowest BCUT2D eigenvalue weighted by molar-refractivity contribution is -0.155. The van der Waals surface area contributed by atoms with Crippen LogP contribution in [-0.2, 0) is 9.59 Å². The summed E-state index contributed by atoms with van der Waals surface area (Å²) in [5.74, 6) is -0.908. The minimum atomic E-state index is -1.00. The highest BCUT2D eigenvalue weighted by molar-refractivity contribution is 5.87. The molecule has 6 nitrogen and oxygen atoms in total. The van der Waals surface area contributed by atoms with Crippen molar-refractivity contribution in [2.45, 2.75) is 31.7 Å². The molecule has 114 valence electrons. The molecule has 2 rings (SSSR count). The molecular weight excluding hydrogens is 258 g/mol. The van der Waals surface area contributed by atoms with Gasteiger partial charge in [0, 0.05) is 45.7 Å². The Hall–Kier alpha value is -1.14. The molecule has 0 radical (unpaired) electrons. The molecule has 2 heterocycles. The molecule has 0 aromatic rings. The fourth-order valence-electron chi connectivity index (χ4n) is 3.05. The predicted molar refractivity (Wildman–Crippen MR) is 75.5 cm³/mol. The van der Waals surface area contributed by atoms with Crippen molar-refractivity contribution in [2.75, 3.05) is 46.3 Å². The number of carbonyl (C=O) groups is 2.